The molecule has 1 saturated heterocycles. The van der Waals surface area contributed by atoms with Gasteiger partial charge in [0.25, 0.3) is 0 Å². The Balaban J connectivity index is 2.33. The molecule has 0 bridgehead atoms. The fourth-order valence-electron chi connectivity index (χ4n) is 2.22. The van der Waals surface area contributed by atoms with Crippen LogP contribution < -0.4 is 15.4 Å². The Hall–Kier alpha value is -1.35. The van der Waals surface area contributed by atoms with E-state index in [2.05, 4.69) is 4.72 Å². The van der Waals surface area contributed by atoms with E-state index in [1.807, 2.05) is 4.90 Å². The SMILES string of the molecule is CNS(=O)(=O)c1ccc(N2CCOCC2CO)cc1N. The third kappa shape index (κ3) is 2.88. The molecule has 20 heavy (non-hydrogen) atoms. The summed E-state index contributed by atoms with van der Waals surface area (Å²) in [6.07, 6.45) is 0. The summed E-state index contributed by atoms with van der Waals surface area (Å²) in [5.41, 5.74) is 6.80. The molecule has 0 radical (unpaired) electrons. The number of nitrogen functional groups attached to an aromatic ring is 1. The molecule has 1 unspecified atom stereocenters. The number of nitrogens with two attached hydrogens (primary N) is 1. The highest BCUT2D eigenvalue weighted by molar-refractivity contribution is 7.89. The van der Waals surface area contributed by atoms with Crippen molar-refractivity contribution in [1.82, 2.24) is 4.72 Å². The quantitative estimate of drug-likeness (QED) is 0.640. The number of anilines is 2. The Labute approximate surface area is 118 Å². The van der Waals surface area contributed by atoms with E-state index in [9.17, 15) is 13.5 Å². The molecule has 7 nitrogen and oxygen atoms in total. The lowest BCUT2D eigenvalue weighted by Gasteiger charge is -2.36. The summed E-state index contributed by atoms with van der Waals surface area (Å²) >= 11 is 0. The summed E-state index contributed by atoms with van der Waals surface area (Å²) in [5, 5.41) is 9.36. The van der Waals surface area contributed by atoms with E-state index in [-0.39, 0.29) is 23.2 Å². The average Bonchev–Trinajstić information content (AvgIpc) is 2.46. The molecule has 1 atom stereocenters. The van der Waals surface area contributed by atoms with Crippen molar-refractivity contribution in [1.29, 1.82) is 0 Å². The maximum atomic E-state index is 11.8. The summed E-state index contributed by atoms with van der Waals surface area (Å²) in [7, 11) is -2.22. The maximum absolute atomic E-state index is 11.8. The number of aliphatic hydroxyl groups is 1. The van der Waals surface area contributed by atoms with Crippen molar-refractivity contribution < 1.29 is 18.3 Å². The van der Waals surface area contributed by atoms with E-state index >= 15 is 0 Å². The Bertz CT molecular complexity index is 576. The maximum Gasteiger partial charge on any atom is 0.242 e. The van der Waals surface area contributed by atoms with Gasteiger partial charge in [-0.15, -0.1) is 0 Å². The molecule has 0 aliphatic carbocycles. The first-order valence-corrected chi connectivity index (χ1v) is 7.76. The van der Waals surface area contributed by atoms with Gasteiger partial charge in [-0.3, -0.25) is 0 Å². The van der Waals surface area contributed by atoms with Crippen LogP contribution in [0.25, 0.3) is 0 Å². The lowest BCUT2D eigenvalue weighted by molar-refractivity contribution is 0.0727. The minimum Gasteiger partial charge on any atom is -0.398 e. The van der Waals surface area contributed by atoms with Gasteiger partial charge < -0.3 is 20.5 Å². The summed E-state index contributed by atoms with van der Waals surface area (Å²) in [6, 6.07) is 4.63. The van der Waals surface area contributed by atoms with E-state index in [0.29, 0.717) is 19.8 Å². The number of hydrogen-bond donors (Lipinski definition) is 3. The van der Waals surface area contributed by atoms with Gasteiger partial charge in [0.2, 0.25) is 10.0 Å². The molecular formula is C12H19N3O4S. The largest absolute Gasteiger partial charge is 0.398 e. The molecule has 8 heteroatoms. The first-order chi connectivity index (χ1) is 9.49. The van der Waals surface area contributed by atoms with Gasteiger partial charge in [0.1, 0.15) is 4.90 Å². The molecule has 1 fully saturated rings. The van der Waals surface area contributed by atoms with Crippen LogP contribution in [-0.4, -0.2) is 53.0 Å². The zero-order chi connectivity index (χ0) is 14.8. The van der Waals surface area contributed by atoms with Crippen LogP contribution in [0, 0.1) is 0 Å². The van der Waals surface area contributed by atoms with Gasteiger partial charge >= 0.3 is 0 Å². The Kier molecular flexibility index (Phi) is 4.48. The van der Waals surface area contributed by atoms with E-state index in [0.717, 1.165) is 5.69 Å². The standard InChI is InChI=1S/C12H19N3O4S/c1-14-20(17,18)12-3-2-9(6-11(12)13)15-4-5-19-8-10(15)7-16/h2-3,6,10,14,16H,4-5,7-8,13H2,1H3. The zero-order valence-corrected chi connectivity index (χ0v) is 12.1. The van der Waals surface area contributed by atoms with Gasteiger partial charge in [0.05, 0.1) is 31.5 Å². The minimum absolute atomic E-state index is 0.0313. The molecule has 0 saturated carbocycles. The van der Waals surface area contributed by atoms with Gasteiger partial charge in [-0.2, -0.15) is 0 Å². The lowest BCUT2D eigenvalue weighted by Crippen LogP contribution is -2.47. The van der Waals surface area contributed by atoms with Gasteiger partial charge in [-0.05, 0) is 25.2 Å². The smallest absolute Gasteiger partial charge is 0.242 e. The molecule has 1 aliphatic heterocycles. The first-order valence-electron chi connectivity index (χ1n) is 6.28. The van der Waals surface area contributed by atoms with E-state index in [1.54, 1.807) is 12.1 Å². The van der Waals surface area contributed by atoms with Crippen LogP contribution in [-0.2, 0) is 14.8 Å². The van der Waals surface area contributed by atoms with Gasteiger partial charge in [0, 0.05) is 12.2 Å². The summed E-state index contributed by atoms with van der Waals surface area (Å²) in [6.45, 7) is 1.60. The second-order valence-electron chi connectivity index (χ2n) is 4.53. The van der Waals surface area contributed by atoms with Gasteiger partial charge in [-0.25, -0.2) is 13.1 Å². The summed E-state index contributed by atoms with van der Waals surface area (Å²) < 4.78 is 31.1. The van der Waals surface area contributed by atoms with Crippen LogP contribution in [0.15, 0.2) is 23.1 Å². The molecule has 1 aromatic rings. The fourth-order valence-corrected chi connectivity index (χ4v) is 3.05. The van der Waals surface area contributed by atoms with Crippen molar-refractivity contribution in [3.8, 4) is 0 Å². The van der Waals surface area contributed by atoms with E-state index < -0.39 is 10.0 Å². The second kappa shape index (κ2) is 5.96. The number of hydrogen-bond acceptors (Lipinski definition) is 6. The fraction of sp³-hybridized carbons (Fsp3) is 0.500. The highest BCUT2D eigenvalue weighted by atomic mass is 32.2. The number of aliphatic hydroxyl groups excluding tert-OH is 1. The Morgan fingerprint density at radius 3 is 2.90 bits per heavy atom. The zero-order valence-electron chi connectivity index (χ0n) is 11.2. The highest BCUT2D eigenvalue weighted by Gasteiger charge is 2.24. The Morgan fingerprint density at radius 2 is 2.30 bits per heavy atom. The van der Waals surface area contributed by atoms with Crippen LogP contribution in [0.1, 0.15) is 0 Å². The van der Waals surface area contributed by atoms with Crippen molar-refractivity contribution in [3.63, 3.8) is 0 Å². The molecule has 1 aliphatic rings. The number of morpholine rings is 1. The third-order valence-electron chi connectivity index (χ3n) is 3.32. The lowest BCUT2D eigenvalue weighted by atomic mass is 10.2. The molecule has 2 rings (SSSR count). The second-order valence-corrected chi connectivity index (χ2v) is 6.39. The van der Waals surface area contributed by atoms with Crippen molar-refractivity contribution in [3.05, 3.63) is 18.2 Å². The minimum atomic E-state index is -3.56. The normalized spacial score (nSPS) is 20.1. The van der Waals surface area contributed by atoms with Gasteiger partial charge in [-0.1, -0.05) is 0 Å². The summed E-state index contributed by atoms with van der Waals surface area (Å²) in [5.74, 6) is 0. The van der Waals surface area contributed by atoms with Crippen LogP contribution in [0.3, 0.4) is 0 Å². The van der Waals surface area contributed by atoms with Crippen molar-refractivity contribution in [2.75, 3.05) is 44.0 Å². The van der Waals surface area contributed by atoms with Crippen LogP contribution >= 0.6 is 0 Å². The number of benzene rings is 1. The van der Waals surface area contributed by atoms with Crippen molar-refractivity contribution >= 4 is 21.4 Å². The number of nitrogens with one attached hydrogen (secondary N) is 1. The van der Waals surface area contributed by atoms with E-state index in [1.165, 1.54) is 13.1 Å². The van der Waals surface area contributed by atoms with E-state index in [4.69, 9.17) is 10.5 Å². The molecule has 1 aromatic carbocycles. The number of nitrogens with zero attached hydrogens (tertiary/aromatic N) is 1. The average molecular weight is 301 g/mol. The topological polar surface area (TPSA) is 105 Å². The number of sulfonamides is 1. The van der Waals surface area contributed by atoms with Crippen LogP contribution in [0.4, 0.5) is 11.4 Å². The van der Waals surface area contributed by atoms with Crippen molar-refractivity contribution in [2.24, 2.45) is 0 Å². The molecular weight excluding hydrogens is 282 g/mol. The Morgan fingerprint density at radius 1 is 1.55 bits per heavy atom. The van der Waals surface area contributed by atoms with Crippen LogP contribution in [0.2, 0.25) is 0 Å². The van der Waals surface area contributed by atoms with Gasteiger partial charge in [0.15, 0.2) is 0 Å². The molecule has 0 amide bonds. The first kappa shape index (κ1) is 15.0. The molecule has 4 N–H and O–H groups in total. The van der Waals surface area contributed by atoms with Crippen molar-refractivity contribution in [2.45, 2.75) is 10.9 Å². The predicted molar refractivity (Wildman–Crippen MR) is 76.1 cm³/mol. The molecule has 112 valence electrons. The number of ether oxygens (including phenoxy) is 1. The monoisotopic (exact) mass is 301 g/mol. The summed E-state index contributed by atoms with van der Waals surface area (Å²) in [4.78, 5) is 2.02. The third-order valence-corrected chi connectivity index (χ3v) is 4.81. The predicted octanol–water partition coefficient (Wildman–Crippen LogP) is -0.626. The highest BCUT2D eigenvalue weighted by Crippen LogP contribution is 2.27. The molecule has 0 aromatic heterocycles. The number of rotatable bonds is 4. The van der Waals surface area contributed by atoms with Crippen LogP contribution in [0.5, 0.6) is 0 Å². The molecule has 1 heterocycles. The molecule has 0 spiro atoms.